The number of fused-ring (bicyclic) bond motifs is 1. The summed E-state index contributed by atoms with van der Waals surface area (Å²) >= 11 is 1.07. The molecule has 0 saturated heterocycles. The lowest BCUT2D eigenvalue weighted by atomic mass is 9.91. The van der Waals surface area contributed by atoms with Gasteiger partial charge in [-0.05, 0) is 38.3 Å². The zero-order chi connectivity index (χ0) is 23.9. The number of sulfone groups is 1. The molecule has 0 bridgehead atoms. The van der Waals surface area contributed by atoms with Gasteiger partial charge in [0.15, 0.2) is 11.5 Å². The maximum atomic E-state index is 13.4. The number of imide groups is 1. The molecule has 0 aromatic carbocycles. The molecule has 1 N–H and O–H groups in total. The quantitative estimate of drug-likeness (QED) is 0.524. The average Bonchev–Trinajstić information content (AvgIpc) is 3.48. The van der Waals surface area contributed by atoms with Crippen molar-refractivity contribution in [2.75, 3.05) is 31.0 Å². The van der Waals surface area contributed by atoms with Crippen LogP contribution in [0.3, 0.4) is 0 Å². The fourth-order valence-corrected chi connectivity index (χ4v) is 6.08. The molecule has 9 nitrogen and oxygen atoms in total. The van der Waals surface area contributed by atoms with Crippen LogP contribution in [0.1, 0.15) is 46.2 Å². The Balaban J connectivity index is 1.67. The standard InChI is InChI=1S/C22H26N2O7S2/c1-4-31-17-9-13(7-8-16(17)30-2)15(11-33(3,28)29)24-21(26)18-14(10-32-19(18)22(24)27)23-20(25)12-5-6-12/h8-10,12-13,15H,4-7,11H2,1-3H3,(H,23,25)/t13?,15-/m1/s1. The van der Waals surface area contributed by atoms with Gasteiger partial charge in [-0.25, -0.2) is 8.42 Å². The van der Waals surface area contributed by atoms with Crippen LogP contribution in [0.15, 0.2) is 29.1 Å². The maximum Gasteiger partial charge on any atom is 0.272 e. The number of anilines is 1. The lowest BCUT2D eigenvalue weighted by molar-refractivity contribution is -0.117. The Labute approximate surface area is 196 Å². The highest BCUT2D eigenvalue weighted by molar-refractivity contribution is 7.90. The largest absolute Gasteiger partial charge is 0.493 e. The lowest BCUT2D eigenvalue weighted by Gasteiger charge is -2.33. The Morgan fingerprint density at radius 3 is 2.61 bits per heavy atom. The van der Waals surface area contributed by atoms with E-state index >= 15 is 0 Å². The molecule has 2 atom stereocenters. The number of methoxy groups -OCH3 is 1. The molecule has 3 aliphatic rings. The molecule has 0 spiro atoms. The predicted octanol–water partition coefficient (Wildman–Crippen LogP) is 2.58. The minimum Gasteiger partial charge on any atom is -0.493 e. The first-order valence-electron chi connectivity index (χ1n) is 10.7. The van der Waals surface area contributed by atoms with Gasteiger partial charge in [-0.1, -0.05) is 0 Å². The Bertz CT molecular complexity index is 1160. The molecule has 2 heterocycles. The van der Waals surface area contributed by atoms with Gasteiger partial charge < -0.3 is 14.8 Å². The number of thiophene rings is 1. The molecule has 1 unspecified atom stereocenters. The van der Waals surface area contributed by atoms with Gasteiger partial charge >= 0.3 is 0 Å². The summed E-state index contributed by atoms with van der Waals surface area (Å²) in [7, 11) is -2.03. The van der Waals surface area contributed by atoms with Crippen molar-refractivity contribution in [1.82, 2.24) is 4.90 Å². The molecule has 3 amide bonds. The number of rotatable bonds is 9. The van der Waals surface area contributed by atoms with Gasteiger partial charge in [-0.3, -0.25) is 19.3 Å². The summed E-state index contributed by atoms with van der Waals surface area (Å²) < 4.78 is 35.6. The van der Waals surface area contributed by atoms with Crippen molar-refractivity contribution in [3.8, 4) is 0 Å². The summed E-state index contributed by atoms with van der Waals surface area (Å²) in [4.78, 5) is 40.2. The maximum absolute atomic E-state index is 13.4. The first kappa shape index (κ1) is 23.5. The van der Waals surface area contributed by atoms with Crippen LogP contribution in [-0.2, 0) is 24.1 Å². The van der Waals surface area contributed by atoms with Crippen LogP contribution >= 0.6 is 11.3 Å². The Morgan fingerprint density at radius 1 is 1.27 bits per heavy atom. The van der Waals surface area contributed by atoms with Crippen LogP contribution in [0.25, 0.3) is 0 Å². The SMILES string of the molecule is CCOC1=CC([C@@H](CS(C)(=O)=O)N2C(=O)c3scc(NC(=O)C4CC4)c3C2=O)CC=C1OC. The van der Waals surface area contributed by atoms with E-state index in [1.807, 2.05) is 6.92 Å². The second kappa shape index (κ2) is 8.94. The van der Waals surface area contributed by atoms with Crippen molar-refractivity contribution in [3.05, 3.63) is 39.5 Å². The number of carbonyl (C=O) groups excluding carboxylic acids is 3. The third kappa shape index (κ3) is 4.70. The number of nitrogens with zero attached hydrogens (tertiary/aromatic N) is 1. The molecule has 178 valence electrons. The summed E-state index contributed by atoms with van der Waals surface area (Å²) in [6.07, 6.45) is 6.56. The van der Waals surface area contributed by atoms with Gasteiger partial charge in [0.25, 0.3) is 11.8 Å². The third-order valence-corrected chi connectivity index (χ3v) is 7.76. The molecule has 2 aliphatic carbocycles. The average molecular weight is 495 g/mol. The third-order valence-electron chi connectivity index (χ3n) is 5.85. The molecular weight excluding hydrogens is 468 g/mol. The summed E-state index contributed by atoms with van der Waals surface area (Å²) in [6.45, 7) is 2.19. The van der Waals surface area contributed by atoms with Crippen molar-refractivity contribution < 1.29 is 32.3 Å². The topological polar surface area (TPSA) is 119 Å². The summed E-state index contributed by atoms with van der Waals surface area (Å²) in [5, 5.41) is 4.34. The zero-order valence-corrected chi connectivity index (χ0v) is 20.3. The van der Waals surface area contributed by atoms with E-state index in [4.69, 9.17) is 9.47 Å². The molecule has 1 fully saturated rings. The number of allylic oxidation sites excluding steroid dienone is 1. The summed E-state index contributed by atoms with van der Waals surface area (Å²) in [5.41, 5.74) is 0.442. The number of ether oxygens (including phenoxy) is 2. The van der Waals surface area contributed by atoms with E-state index in [-0.39, 0.29) is 28.0 Å². The van der Waals surface area contributed by atoms with Crippen molar-refractivity contribution in [2.45, 2.75) is 32.2 Å². The highest BCUT2D eigenvalue weighted by atomic mass is 32.2. The Hall–Kier alpha value is -2.66. The van der Waals surface area contributed by atoms with Crippen LogP contribution in [-0.4, -0.2) is 62.8 Å². The van der Waals surface area contributed by atoms with Crippen LogP contribution in [0.2, 0.25) is 0 Å². The summed E-state index contributed by atoms with van der Waals surface area (Å²) in [6, 6.07) is -0.934. The smallest absolute Gasteiger partial charge is 0.272 e. The highest BCUT2D eigenvalue weighted by Gasteiger charge is 2.47. The lowest BCUT2D eigenvalue weighted by Crippen LogP contribution is -2.48. The minimum absolute atomic E-state index is 0.0621. The van der Waals surface area contributed by atoms with Crippen molar-refractivity contribution in [2.24, 2.45) is 11.8 Å². The second-order valence-electron chi connectivity index (χ2n) is 8.39. The van der Waals surface area contributed by atoms with Crippen molar-refractivity contribution in [3.63, 3.8) is 0 Å². The number of nitrogens with one attached hydrogen (secondary N) is 1. The van der Waals surface area contributed by atoms with Crippen LogP contribution < -0.4 is 5.32 Å². The van der Waals surface area contributed by atoms with Gasteiger partial charge in [0.1, 0.15) is 14.7 Å². The van der Waals surface area contributed by atoms with E-state index < -0.39 is 33.6 Å². The minimum atomic E-state index is -3.54. The van der Waals surface area contributed by atoms with E-state index in [0.29, 0.717) is 30.2 Å². The molecule has 11 heteroatoms. The van der Waals surface area contributed by atoms with Gasteiger partial charge in [-0.15, -0.1) is 11.3 Å². The predicted molar refractivity (Wildman–Crippen MR) is 123 cm³/mol. The molecule has 1 saturated carbocycles. The fourth-order valence-electron chi connectivity index (χ4n) is 4.14. The van der Waals surface area contributed by atoms with E-state index in [1.54, 1.807) is 17.5 Å². The number of amides is 3. The Morgan fingerprint density at radius 2 is 2.00 bits per heavy atom. The molecule has 1 aromatic heterocycles. The van der Waals surface area contributed by atoms with Crippen LogP contribution in [0.5, 0.6) is 0 Å². The molecule has 4 rings (SSSR count). The van der Waals surface area contributed by atoms with Gasteiger partial charge in [0.05, 0.1) is 36.8 Å². The zero-order valence-electron chi connectivity index (χ0n) is 18.6. The fraction of sp³-hybridized carbons (Fsp3) is 0.500. The van der Waals surface area contributed by atoms with Gasteiger partial charge in [0.2, 0.25) is 5.91 Å². The van der Waals surface area contributed by atoms with Crippen molar-refractivity contribution in [1.29, 1.82) is 0 Å². The van der Waals surface area contributed by atoms with E-state index in [9.17, 15) is 22.8 Å². The molecule has 1 aliphatic heterocycles. The van der Waals surface area contributed by atoms with Crippen molar-refractivity contribution >= 4 is 44.6 Å². The van der Waals surface area contributed by atoms with Crippen LogP contribution in [0.4, 0.5) is 5.69 Å². The van der Waals surface area contributed by atoms with E-state index in [2.05, 4.69) is 5.32 Å². The molecule has 1 aromatic rings. The monoisotopic (exact) mass is 494 g/mol. The molecule has 33 heavy (non-hydrogen) atoms. The van der Waals surface area contributed by atoms with Gasteiger partial charge in [-0.2, -0.15) is 0 Å². The normalized spacial score (nSPS) is 21.3. The van der Waals surface area contributed by atoms with E-state index in [0.717, 1.165) is 35.3 Å². The molecular formula is C22H26N2O7S2. The van der Waals surface area contributed by atoms with Crippen LogP contribution in [0, 0.1) is 11.8 Å². The highest BCUT2D eigenvalue weighted by Crippen LogP contribution is 2.40. The second-order valence-corrected chi connectivity index (χ2v) is 11.5. The van der Waals surface area contributed by atoms with E-state index in [1.165, 1.54) is 7.11 Å². The first-order valence-corrected chi connectivity index (χ1v) is 13.7. The summed E-state index contributed by atoms with van der Waals surface area (Å²) in [5.74, 6) is -1.27. The van der Waals surface area contributed by atoms with Gasteiger partial charge in [0, 0.05) is 23.5 Å². The Kier molecular flexibility index (Phi) is 6.37. The number of hydrogen-bond acceptors (Lipinski definition) is 8. The number of carbonyl (C=O) groups is 3. The molecule has 0 radical (unpaired) electrons. The first-order chi connectivity index (χ1) is 15.6. The number of hydrogen-bond donors (Lipinski definition) is 1.